The lowest BCUT2D eigenvalue weighted by Gasteiger charge is -2.19. The highest BCUT2D eigenvalue weighted by molar-refractivity contribution is 5.77. The van der Waals surface area contributed by atoms with Crippen LogP contribution in [0.15, 0.2) is 6.33 Å². The van der Waals surface area contributed by atoms with Crippen molar-refractivity contribution in [3.05, 3.63) is 11.9 Å². The van der Waals surface area contributed by atoms with Gasteiger partial charge in [-0.2, -0.15) is 0 Å². The van der Waals surface area contributed by atoms with Gasteiger partial charge in [-0.15, -0.1) is 0 Å². The van der Waals surface area contributed by atoms with Crippen LogP contribution in [0.1, 0.15) is 19.4 Å². The summed E-state index contributed by atoms with van der Waals surface area (Å²) in [6.07, 6.45) is 1.34. The van der Waals surface area contributed by atoms with E-state index in [9.17, 15) is 4.79 Å². The van der Waals surface area contributed by atoms with Crippen molar-refractivity contribution in [3.8, 4) is 5.88 Å². The molecule has 1 aromatic heterocycles. The van der Waals surface area contributed by atoms with E-state index in [2.05, 4.69) is 15.3 Å². The highest BCUT2D eigenvalue weighted by atomic mass is 16.5. The van der Waals surface area contributed by atoms with Gasteiger partial charge in [0.15, 0.2) is 0 Å². The van der Waals surface area contributed by atoms with Gasteiger partial charge in [0.25, 0.3) is 0 Å². The number of carbonyl (C=O) groups is 1. The van der Waals surface area contributed by atoms with Crippen molar-refractivity contribution >= 4 is 11.8 Å². The lowest BCUT2D eigenvalue weighted by atomic mass is 10.0. The minimum absolute atomic E-state index is 0.0483. The molecule has 1 heterocycles. The van der Waals surface area contributed by atoms with Gasteiger partial charge in [-0.1, -0.05) is 13.8 Å². The van der Waals surface area contributed by atoms with E-state index in [1.807, 2.05) is 13.8 Å². The van der Waals surface area contributed by atoms with Crippen LogP contribution in [0.5, 0.6) is 5.88 Å². The van der Waals surface area contributed by atoms with Gasteiger partial charge in [-0.25, -0.2) is 14.8 Å². The van der Waals surface area contributed by atoms with Gasteiger partial charge < -0.3 is 15.2 Å². The van der Waals surface area contributed by atoms with E-state index < -0.39 is 12.0 Å². The Bertz CT molecular complexity index is 407. The van der Waals surface area contributed by atoms with Crippen molar-refractivity contribution in [3.63, 3.8) is 0 Å². The summed E-state index contributed by atoms with van der Waals surface area (Å²) in [6, 6.07) is -0.687. The average molecular weight is 239 g/mol. The van der Waals surface area contributed by atoms with Gasteiger partial charge in [0.1, 0.15) is 18.2 Å². The number of nitrogens with zero attached hydrogens (tertiary/aromatic N) is 2. The molecule has 0 aliphatic heterocycles. The fourth-order valence-corrected chi connectivity index (χ4v) is 1.45. The number of ether oxygens (including phenoxy) is 1. The topological polar surface area (TPSA) is 84.3 Å². The first-order valence-electron chi connectivity index (χ1n) is 5.32. The molecule has 0 bridgehead atoms. The quantitative estimate of drug-likeness (QED) is 0.806. The molecular weight excluding hydrogens is 222 g/mol. The van der Waals surface area contributed by atoms with Crippen LogP contribution >= 0.6 is 0 Å². The second-order valence-electron chi connectivity index (χ2n) is 4.06. The molecule has 0 aliphatic rings. The van der Waals surface area contributed by atoms with Crippen LogP contribution in [0, 0.1) is 12.8 Å². The van der Waals surface area contributed by atoms with Crippen LogP contribution in [-0.2, 0) is 4.79 Å². The molecule has 0 radical (unpaired) electrons. The Morgan fingerprint density at radius 3 is 2.59 bits per heavy atom. The number of carboxylic acid groups (broad SMARTS) is 1. The molecule has 1 rings (SSSR count). The van der Waals surface area contributed by atoms with E-state index in [-0.39, 0.29) is 5.92 Å². The second-order valence-corrected chi connectivity index (χ2v) is 4.06. The molecule has 0 aliphatic carbocycles. The minimum Gasteiger partial charge on any atom is -0.481 e. The second kappa shape index (κ2) is 5.47. The molecule has 94 valence electrons. The molecule has 1 unspecified atom stereocenters. The number of rotatable bonds is 5. The van der Waals surface area contributed by atoms with Crippen LogP contribution in [0.25, 0.3) is 0 Å². The van der Waals surface area contributed by atoms with Crippen LogP contribution in [0.4, 0.5) is 5.82 Å². The van der Waals surface area contributed by atoms with Crippen LogP contribution < -0.4 is 10.1 Å². The molecule has 1 aromatic rings. The number of methoxy groups -OCH3 is 1. The van der Waals surface area contributed by atoms with Gasteiger partial charge in [-0.05, 0) is 12.8 Å². The number of anilines is 1. The fraction of sp³-hybridized carbons (Fsp3) is 0.545. The zero-order chi connectivity index (χ0) is 13.0. The van der Waals surface area contributed by atoms with Crippen LogP contribution in [0.2, 0.25) is 0 Å². The monoisotopic (exact) mass is 239 g/mol. The largest absolute Gasteiger partial charge is 0.481 e. The minimum atomic E-state index is -0.906. The Hall–Kier alpha value is -1.85. The highest BCUT2D eigenvalue weighted by Crippen LogP contribution is 2.21. The third-order valence-corrected chi connectivity index (χ3v) is 2.46. The lowest BCUT2D eigenvalue weighted by molar-refractivity contribution is -0.138. The summed E-state index contributed by atoms with van der Waals surface area (Å²) in [5.41, 5.74) is 0.696. The van der Waals surface area contributed by atoms with E-state index in [1.54, 1.807) is 6.92 Å². The number of hydrogen-bond acceptors (Lipinski definition) is 5. The van der Waals surface area contributed by atoms with E-state index >= 15 is 0 Å². The Morgan fingerprint density at radius 2 is 2.12 bits per heavy atom. The zero-order valence-electron chi connectivity index (χ0n) is 10.4. The number of nitrogens with one attached hydrogen (secondary N) is 1. The average Bonchev–Trinajstić information content (AvgIpc) is 2.26. The van der Waals surface area contributed by atoms with Crippen molar-refractivity contribution in [2.24, 2.45) is 5.92 Å². The highest BCUT2D eigenvalue weighted by Gasteiger charge is 2.22. The molecule has 0 fully saturated rings. The molecule has 0 aromatic carbocycles. The molecule has 0 saturated heterocycles. The third kappa shape index (κ3) is 3.05. The molecular formula is C11H17N3O3. The van der Waals surface area contributed by atoms with E-state index in [1.165, 1.54) is 13.4 Å². The van der Waals surface area contributed by atoms with Crippen molar-refractivity contribution in [1.29, 1.82) is 0 Å². The summed E-state index contributed by atoms with van der Waals surface area (Å²) in [6.45, 7) is 5.44. The van der Waals surface area contributed by atoms with Crippen molar-refractivity contribution in [1.82, 2.24) is 9.97 Å². The Morgan fingerprint density at radius 1 is 1.47 bits per heavy atom. The third-order valence-electron chi connectivity index (χ3n) is 2.46. The van der Waals surface area contributed by atoms with Gasteiger partial charge >= 0.3 is 5.97 Å². The standard InChI is InChI=1S/C11H17N3O3/c1-6(2)8(11(15)16)14-9-7(3)10(17-4)13-5-12-9/h5-6,8H,1-4H3,(H,15,16)(H,12,13,14). The maximum atomic E-state index is 11.1. The molecule has 6 nitrogen and oxygen atoms in total. The van der Waals surface area contributed by atoms with Crippen molar-refractivity contribution in [2.75, 3.05) is 12.4 Å². The van der Waals surface area contributed by atoms with E-state index in [0.29, 0.717) is 17.3 Å². The summed E-state index contributed by atoms with van der Waals surface area (Å²) in [5.74, 6) is -0.0295. The van der Waals surface area contributed by atoms with Gasteiger partial charge in [0.2, 0.25) is 5.88 Å². The maximum absolute atomic E-state index is 11.1. The lowest BCUT2D eigenvalue weighted by Crippen LogP contribution is -2.34. The first-order valence-corrected chi connectivity index (χ1v) is 5.32. The van der Waals surface area contributed by atoms with Gasteiger partial charge in [-0.3, -0.25) is 0 Å². The number of carboxylic acids is 1. The Balaban J connectivity index is 2.97. The first kappa shape index (κ1) is 13.2. The van der Waals surface area contributed by atoms with Crippen molar-refractivity contribution in [2.45, 2.75) is 26.8 Å². The van der Waals surface area contributed by atoms with E-state index in [0.717, 1.165) is 0 Å². The molecule has 6 heteroatoms. The predicted molar refractivity (Wildman–Crippen MR) is 63.2 cm³/mol. The zero-order valence-corrected chi connectivity index (χ0v) is 10.4. The maximum Gasteiger partial charge on any atom is 0.326 e. The Labute approximate surface area is 100 Å². The summed E-state index contributed by atoms with van der Waals surface area (Å²) >= 11 is 0. The molecule has 0 amide bonds. The summed E-state index contributed by atoms with van der Waals surface area (Å²) in [5, 5.41) is 12.0. The Kier molecular flexibility index (Phi) is 4.25. The van der Waals surface area contributed by atoms with Crippen LogP contribution in [0.3, 0.4) is 0 Å². The molecule has 0 saturated carbocycles. The van der Waals surface area contributed by atoms with Crippen molar-refractivity contribution < 1.29 is 14.6 Å². The molecule has 0 spiro atoms. The molecule has 2 N–H and O–H groups in total. The van der Waals surface area contributed by atoms with Gasteiger partial charge in [0.05, 0.1) is 12.7 Å². The number of aliphatic carboxylic acids is 1. The SMILES string of the molecule is COc1ncnc(NC(C(=O)O)C(C)C)c1C. The normalized spacial score (nSPS) is 12.3. The fourth-order valence-electron chi connectivity index (χ4n) is 1.45. The summed E-state index contributed by atoms with van der Waals surface area (Å²) in [7, 11) is 1.51. The van der Waals surface area contributed by atoms with E-state index in [4.69, 9.17) is 9.84 Å². The number of hydrogen-bond donors (Lipinski definition) is 2. The molecule has 17 heavy (non-hydrogen) atoms. The first-order chi connectivity index (χ1) is 7.97. The van der Waals surface area contributed by atoms with Crippen LogP contribution in [-0.4, -0.2) is 34.2 Å². The number of aromatic nitrogens is 2. The van der Waals surface area contributed by atoms with Gasteiger partial charge in [0, 0.05) is 0 Å². The predicted octanol–water partition coefficient (Wildman–Crippen LogP) is 1.31. The molecule has 1 atom stereocenters. The summed E-state index contributed by atoms with van der Waals surface area (Å²) in [4.78, 5) is 19.0. The smallest absolute Gasteiger partial charge is 0.326 e. The summed E-state index contributed by atoms with van der Waals surface area (Å²) < 4.78 is 5.05.